The zero-order chi connectivity index (χ0) is 16.5. The lowest BCUT2D eigenvalue weighted by Crippen LogP contribution is -2.38. The minimum absolute atomic E-state index is 0.0390. The van der Waals surface area contributed by atoms with Crippen LogP contribution in [0, 0.1) is 28.4 Å². The van der Waals surface area contributed by atoms with Gasteiger partial charge in [-0.3, -0.25) is 15.0 Å². The summed E-state index contributed by atoms with van der Waals surface area (Å²) in [4.78, 5) is 14.2. The van der Waals surface area contributed by atoms with Crippen LogP contribution in [0.1, 0.15) is 51.3 Å². The van der Waals surface area contributed by atoms with E-state index in [1.165, 1.54) is 0 Å². The first kappa shape index (κ1) is 16.9. The minimum Gasteiger partial charge on any atom is -0.290 e. The van der Waals surface area contributed by atoms with E-state index >= 15 is 0 Å². The number of hydrogen-bond donors (Lipinski definition) is 0. The molecule has 3 unspecified atom stereocenters. The summed E-state index contributed by atoms with van der Waals surface area (Å²) in [7, 11) is 0. The van der Waals surface area contributed by atoms with Crippen molar-refractivity contribution in [1.29, 1.82) is 0 Å². The van der Waals surface area contributed by atoms with Gasteiger partial charge in [0.05, 0.1) is 0 Å². The van der Waals surface area contributed by atoms with Gasteiger partial charge in [0, 0.05) is 17.4 Å². The smallest absolute Gasteiger partial charge is 0.237 e. The van der Waals surface area contributed by atoms with Crippen LogP contribution in [0.5, 0.6) is 0 Å². The van der Waals surface area contributed by atoms with Crippen LogP contribution in [0.4, 0.5) is 0 Å². The number of rotatable bonds is 4. The monoisotopic (exact) mass is 304 g/mol. The molecule has 0 bridgehead atoms. The Morgan fingerprint density at radius 2 is 1.95 bits per heavy atom. The number of nitro groups is 1. The van der Waals surface area contributed by atoms with Gasteiger partial charge in [0.2, 0.25) is 6.04 Å². The summed E-state index contributed by atoms with van der Waals surface area (Å²) in [6.45, 7) is 12.3. The lowest BCUT2D eigenvalue weighted by Gasteiger charge is -2.28. The minimum atomic E-state index is -0.535. The van der Waals surface area contributed by atoms with Crippen molar-refractivity contribution in [3.8, 4) is 0 Å². The highest BCUT2D eigenvalue weighted by Crippen LogP contribution is 2.45. The van der Waals surface area contributed by atoms with Crippen LogP contribution in [-0.2, 0) is 0 Å². The van der Waals surface area contributed by atoms with Crippen LogP contribution in [0.15, 0.2) is 24.3 Å². The van der Waals surface area contributed by atoms with Crippen LogP contribution in [-0.4, -0.2) is 29.0 Å². The van der Waals surface area contributed by atoms with Crippen molar-refractivity contribution < 1.29 is 4.92 Å². The number of aryl methyl sites for hydroxylation is 1. The van der Waals surface area contributed by atoms with Gasteiger partial charge >= 0.3 is 0 Å². The molecule has 1 aliphatic rings. The molecule has 1 aromatic carbocycles. The van der Waals surface area contributed by atoms with Crippen molar-refractivity contribution >= 4 is 0 Å². The van der Waals surface area contributed by atoms with Gasteiger partial charge < -0.3 is 0 Å². The molecule has 4 heteroatoms. The van der Waals surface area contributed by atoms with Crippen LogP contribution < -0.4 is 0 Å². The standard InChI is InChI=1S/C18H28N2O2/c1-6-11-19-12-15(18(3,4)5)17(20(21)22)16(19)14-10-8-7-9-13(14)2/h7-10,15-17H,6,11-12H2,1-5H3. The zero-order valence-corrected chi connectivity index (χ0v) is 14.4. The zero-order valence-electron chi connectivity index (χ0n) is 14.4. The van der Waals surface area contributed by atoms with Crippen LogP contribution in [0.2, 0.25) is 0 Å². The maximum absolute atomic E-state index is 11.9. The first-order valence-electron chi connectivity index (χ1n) is 8.20. The Kier molecular flexibility index (Phi) is 4.90. The molecule has 4 nitrogen and oxygen atoms in total. The molecule has 0 radical (unpaired) electrons. The molecule has 1 fully saturated rings. The molecule has 0 aromatic heterocycles. The van der Waals surface area contributed by atoms with Crippen molar-refractivity contribution in [2.75, 3.05) is 13.1 Å². The third-order valence-electron chi connectivity index (χ3n) is 4.93. The average molecular weight is 304 g/mol. The van der Waals surface area contributed by atoms with Crippen LogP contribution >= 0.6 is 0 Å². The lowest BCUT2D eigenvalue weighted by atomic mass is 9.76. The fourth-order valence-corrected chi connectivity index (χ4v) is 3.78. The number of hydrogen-bond acceptors (Lipinski definition) is 3. The van der Waals surface area contributed by atoms with Crippen molar-refractivity contribution in [3.05, 3.63) is 45.5 Å². The second kappa shape index (κ2) is 6.37. The Bertz CT molecular complexity index is 536. The largest absolute Gasteiger partial charge is 0.290 e. The van der Waals surface area contributed by atoms with Gasteiger partial charge in [-0.1, -0.05) is 52.0 Å². The van der Waals surface area contributed by atoms with Gasteiger partial charge in [0.25, 0.3) is 0 Å². The predicted molar refractivity (Wildman–Crippen MR) is 89.5 cm³/mol. The van der Waals surface area contributed by atoms with E-state index in [1.54, 1.807) is 0 Å². The molecule has 1 aliphatic heterocycles. The van der Waals surface area contributed by atoms with Crippen molar-refractivity contribution in [3.63, 3.8) is 0 Å². The molecular weight excluding hydrogens is 276 g/mol. The van der Waals surface area contributed by atoms with Crippen molar-refractivity contribution in [2.24, 2.45) is 11.3 Å². The number of likely N-dealkylation sites (tertiary alicyclic amines) is 1. The average Bonchev–Trinajstić information content (AvgIpc) is 2.79. The van der Waals surface area contributed by atoms with E-state index in [9.17, 15) is 10.1 Å². The lowest BCUT2D eigenvalue weighted by molar-refractivity contribution is -0.536. The molecule has 122 valence electrons. The van der Waals surface area contributed by atoms with Crippen molar-refractivity contribution in [2.45, 2.75) is 53.1 Å². The van der Waals surface area contributed by atoms with Gasteiger partial charge in [-0.2, -0.15) is 0 Å². The van der Waals surface area contributed by atoms with Gasteiger partial charge in [0.15, 0.2) is 0 Å². The maximum atomic E-state index is 11.9. The Labute approximate surface area is 133 Å². The second-order valence-corrected chi connectivity index (χ2v) is 7.54. The predicted octanol–water partition coefficient (Wildman–Crippen LogP) is 4.07. The Balaban J connectivity index is 2.50. The molecule has 0 aliphatic carbocycles. The molecule has 0 saturated carbocycles. The first-order valence-corrected chi connectivity index (χ1v) is 8.20. The summed E-state index contributed by atoms with van der Waals surface area (Å²) in [6, 6.07) is 7.47. The molecule has 1 saturated heterocycles. The van der Waals surface area contributed by atoms with Gasteiger partial charge in [0.1, 0.15) is 6.04 Å². The van der Waals surface area contributed by atoms with Crippen molar-refractivity contribution in [1.82, 2.24) is 4.90 Å². The topological polar surface area (TPSA) is 46.4 Å². The molecule has 0 N–H and O–H groups in total. The first-order chi connectivity index (χ1) is 10.3. The van der Waals surface area contributed by atoms with Gasteiger partial charge in [-0.15, -0.1) is 0 Å². The molecule has 0 amide bonds. The molecule has 2 rings (SSSR count). The Hall–Kier alpha value is -1.42. The molecular formula is C18H28N2O2. The van der Waals surface area contributed by atoms with E-state index in [0.717, 1.165) is 30.6 Å². The van der Waals surface area contributed by atoms with E-state index in [4.69, 9.17) is 0 Å². The molecule has 0 spiro atoms. The highest BCUT2D eigenvalue weighted by Gasteiger charge is 2.54. The Morgan fingerprint density at radius 3 is 2.45 bits per heavy atom. The molecule has 1 aromatic rings. The molecule has 1 heterocycles. The summed E-state index contributed by atoms with van der Waals surface area (Å²) in [6.07, 6.45) is 1.02. The van der Waals surface area contributed by atoms with E-state index in [1.807, 2.05) is 12.1 Å². The van der Waals surface area contributed by atoms with Crippen LogP contribution in [0.3, 0.4) is 0 Å². The SMILES string of the molecule is CCCN1CC(C(C)(C)C)C([N+](=O)[O-])C1c1ccccc1C. The second-order valence-electron chi connectivity index (χ2n) is 7.54. The molecule has 22 heavy (non-hydrogen) atoms. The van der Waals surface area contributed by atoms with Crippen LogP contribution in [0.25, 0.3) is 0 Å². The van der Waals surface area contributed by atoms with E-state index < -0.39 is 6.04 Å². The normalized spacial score (nSPS) is 26.3. The molecule has 3 atom stereocenters. The van der Waals surface area contributed by atoms with Gasteiger partial charge in [-0.05, 0) is 36.4 Å². The quantitative estimate of drug-likeness (QED) is 0.622. The summed E-state index contributed by atoms with van der Waals surface area (Å²) >= 11 is 0. The van der Waals surface area contributed by atoms with E-state index in [2.05, 4.69) is 51.7 Å². The highest BCUT2D eigenvalue weighted by atomic mass is 16.6. The third kappa shape index (κ3) is 3.17. The summed E-state index contributed by atoms with van der Waals surface area (Å²) in [5.41, 5.74) is 2.20. The maximum Gasteiger partial charge on any atom is 0.237 e. The van der Waals surface area contributed by atoms with Gasteiger partial charge in [-0.25, -0.2) is 0 Å². The summed E-state index contributed by atoms with van der Waals surface area (Å²) in [5, 5.41) is 11.9. The fraction of sp³-hybridized carbons (Fsp3) is 0.667. The Morgan fingerprint density at radius 1 is 1.32 bits per heavy atom. The summed E-state index contributed by atoms with van der Waals surface area (Å²) < 4.78 is 0. The fourth-order valence-electron chi connectivity index (χ4n) is 3.78. The van der Waals surface area contributed by atoms with E-state index in [0.29, 0.717) is 0 Å². The van der Waals surface area contributed by atoms with E-state index in [-0.39, 0.29) is 22.3 Å². The highest BCUT2D eigenvalue weighted by molar-refractivity contribution is 5.31. The third-order valence-corrected chi connectivity index (χ3v) is 4.93. The summed E-state index contributed by atoms with van der Waals surface area (Å²) in [5.74, 6) is 0.0682. The number of benzene rings is 1. The number of nitrogens with zero attached hydrogens (tertiary/aromatic N) is 2.